The zero-order valence-electron chi connectivity index (χ0n) is 17.7. The first-order chi connectivity index (χ1) is 14.3. The van der Waals surface area contributed by atoms with E-state index in [2.05, 4.69) is 10.6 Å². The molecule has 0 bridgehead atoms. The van der Waals surface area contributed by atoms with Crippen LogP contribution in [0.4, 0.5) is 13.2 Å². The van der Waals surface area contributed by atoms with Gasteiger partial charge in [0.2, 0.25) is 11.7 Å². The van der Waals surface area contributed by atoms with Gasteiger partial charge in [0.05, 0.1) is 12.1 Å². The van der Waals surface area contributed by atoms with Gasteiger partial charge in [-0.25, -0.2) is 9.59 Å². The molecule has 0 saturated carbocycles. The lowest BCUT2D eigenvalue weighted by molar-refractivity contribution is -0.192. The molecule has 13 heteroatoms. The Balaban J connectivity index is 0.00000110. The average molecular weight is 455 g/mol. The zero-order chi connectivity index (χ0) is 24.4. The SMILES string of the molecule is CCCN(CCC)C(=O)[C@@H]1OC(C(=O)O)=C[C@H](NC)[C@H]1NC(C)=O.O=C(O)C(F)(F)F. The number of nitrogens with one attached hydrogen (secondary N) is 2. The second kappa shape index (κ2) is 12.8. The molecule has 0 radical (unpaired) electrons. The maximum absolute atomic E-state index is 12.9. The molecule has 2 amide bonds. The molecule has 10 nitrogen and oxygen atoms in total. The molecule has 0 saturated heterocycles. The minimum absolute atomic E-state index is 0.290. The highest BCUT2D eigenvalue weighted by molar-refractivity contribution is 5.88. The third-order valence-corrected chi connectivity index (χ3v) is 4.00. The quantitative estimate of drug-likeness (QED) is 0.419. The van der Waals surface area contributed by atoms with E-state index in [1.807, 2.05) is 13.8 Å². The Labute approximate surface area is 177 Å². The van der Waals surface area contributed by atoms with Crippen LogP contribution in [0.2, 0.25) is 0 Å². The molecule has 31 heavy (non-hydrogen) atoms. The molecule has 0 unspecified atom stereocenters. The molecule has 3 atom stereocenters. The molecule has 1 aliphatic rings. The van der Waals surface area contributed by atoms with Gasteiger partial charge in [-0.1, -0.05) is 13.8 Å². The fourth-order valence-electron chi connectivity index (χ4n) is 2.75. The standard InChI is InChI=1S/C16H27N3O5.C2HF3O2/c1-5-7-19(8-6-2)15(21)14-13(18-10(3)20)11(17-4)9-12(24-14)16(22)23;3-2(4,5)1(6)7/h9,11,13-14,17H,5-8H2,1-4H3,(H,18,20)(H,22,23);(H,6,7)/t11-,13+,14+;/m0./s1. The maximum Gasteiger partial charge on any atom is 0.490 e. The Morgan fingerprint density at radius 1 is 1.13 bits per heavy atom. The van der Waals surface area contributed by atoms with Gasteiger partial charge in [-0.2, -0.15) is 13.2 Å². The summed E-state index contributed by atoms with van der Waals surface area (Å²) in [5.74, 6) is -4.92. The third-order valence-electron chi connectivity index (χ3n) is 4.00. The maximum atomic E-state index is 12.9. The van der Waals surface area contributed by atoms with Crippen molar-refractivity contribution in [1.29, 1.82) is 0 Å². The van der Waals surface area contributed by atoms with Gasteiger partial charge in [0.25, 0.3) is 5.91 Å². The predicted octanol–water partition coefficient (Wildman–Crippen LogP) is 0.728. The van der Waals surface area contributed by atoms with Gasteiger partial charge in [0.15, 0.2) is 6.10 Å². The van der Waals surface area contributed by atoms with Gasteiger partial charge < -0.3 is 30.5 Å². The predicted molar refractivity (Wildman–Crippen MR) is 102 cm³/mol. The molecule has 1 rings (SSSR count). The molecule has 0 aromatic carbocycles. The van der Waals surface area contributed by atoms with Crippen molar-refractivity contribution in [2.75, 3.05) is 20.1 Å². The highest BCUT2D eigenvalue weighted by Gasteiger charge is 2.42. The summed E-state index contributed by atoms with van der Waals surface area (Å²) in [6, 6.07) is -1.20. The van der Waals surface area contributed by atoms with Crippen LogP contribution in [0.15, 0.2) is 11.8 Å². The lowest BCUT2D eigenvalue weighted by Gasteiger charge is -2.38. The number of alkyl halides is 3. The van der Waals surface area contributed by atoms with Crippen molar-refractivity contribution in [1.82, 2.24) is 15.5 Å². The van der Waals surface area contributed by atoms with E-state index >= 15 is 0 Å². The van der Waals surface area contributed by atoms with Crippen molar-refractivity contribution in [2.24, 2.45) is 0 Å². The summed E-state index contributed by atoms with van der Waals surface area (Å²) >= 11 is 0. The molecular formula is C18H28F3N3O7. The van der Waals surface area contributed by atoms with E-state index < -0.39 is 36.3 Å². The minimum atomic E-state index is -5.08. The third kappa shape index (κ3) is 9.24. The molecule has 0 spiro atoms. The van der Waals surface area contributed by atoms with Crippen LogP contribution in [0.3, 0.4) is 0 Å². The molecule has 0 aromatic heterocycles. The van der Waals surface area contributed by atoms with E-state index in [1.165, 1.54) is 13.0 Å². The van der Waals surface area contributed by atoms with Crippen molar-refractivity contribution in [3.63, 3.8) is 0 Å². The second-order valence-electron chi connectivity index (χ2n) is 6.54. The summed E-state index contributed by atoms with van der Waals surface area (Å²) in [5, 5.41) is 22.0. The van der Waals surface area contributed by atoms with Crippen molar-refractivity contribution in [3.05, 3.63) is 11.8 Å². The fourth-order valence-corrected chi connectivity index (χ4v) is 2.75. The van der Waals surface area contributed by atoms with Crippen LogP contribution in [0.25, 0.3) is 0 Å². The van der Waals surface area contributed by atoms with Gasteiger partial charge in [-0.3, -0.25) is 9.59 Å². The molecule has 0 aliphatic carbocycles. The highest BCUT2D eigenvalue weighted by Crippen LogP contribution is 2.21. The number of carboxylic acids is 2. The summed E-state index contributed by atoms with van der Waals surface area (Å²) in [6.45, 7) is 6.37. The van der Waals surface area contributed by atoms with Crippen molar-refractivity contribution in [2.45, 2.75) is 58.0 Å². The summed E-state index contributed by atoms with van der Waals surface area (Å²) in [6.07, 6.45) is -3.24. The summed E-state index contributed by atoms with van der Waals surface area (Å²) < 4.78 is 37.2. The number of aliphatic carboxylic acids is 2. The Morgan fingerprint density at radius 3 is 1.94 bits per heavy atom. The lowest BCUT2D eigenvalue weighted by atomic mass is 9.96. The number of carboxylic acid groups (broad SMARTS) is 2. The number of nitrogens with zero attached hydrogens (tertiary/aromatic N) is 1. The first-order valence-electron chi connectivity index (χ1n) is 9.45. The van der Waals surface area contributed by atoms with Gasteiger partial charge in [0.1, 0.15) is 0 Å². The molecule has 0 aromatic rings. The lowest BCUT2D eigenvalue weighted by Crippen LogP contribution is -2.62. The molecule has 1 heterocycles. The van der Waals surface area contributed by atoms with Gasteiger partial charge in [-0.05, 0) is 26.0 Å². The first kappa shape index (κ1) is 28.2. The van der Waals surface area contributed by atoms with Crippen LogP contribution in [0.1, 0.15) is 33.6 Å². The number of carbonyl (C=O) groups is 4. The number of likely N-dealkylation sites (N-methyl/N-ethyl adjacent to an activating group) is 1. The van der Waals surface area contributed by atoms with E-state index in [9.17, 15) is 32.7 Å². The van der Waals surface area contributed by atoms with Crippen LogP contribution in [0, 0.1) is 0 Å². The number of carbonyl (C=O) groups excluding carboxylic acids is 2. The highest BCUT2D eigenvalue weighted by atomic mass is 19.4. The van der Waals surface area contributed by atoms with Gasteiger partial charge >= 0.3 is 18.1 Å². The number of halogens is 3. The van der Waals surface area contributed by atoms with Gasteiger partial charge in [0, 0.05) is 20.0 Å². The van der Waals surface area contributed by atoms with E-state index in [-0.39, 0.29) is 17.6 Å². The van der Waals surface area contributed by atoms with E-state index in [4.69, 9.17) is 14.6 Å². The fraction of sp³-hybridized carbons (Fsp3) is 0.667. The normalized spacial score (nSPS) is 20.4. The van der Waals surface area contributed by atoms with Crippen LogP contribution in [-0.4, -0.2) is 83.4 Å². The monoisotopic (exact) mass is 455 g/mol. The van der Waals surface area contributed by atoms with E-state index in [1.54, 1.807) is 11.9 Å². The van der Waals surface area contributed by atoms with Crippen molar-refractivity contribution < 1.29 is 47.3 Å². The largest absolute Gasteiger partial charge is 0.490 e. The molecule has 1 aliphatic heterocycles. The smallest absolute Gasteiger partial charge is 0.475 e. The molecular weight excluding hydrogens is 427 g/mol. The number of ether oxygens (including phenoxy) is 1. The number of rotatable bonds is 8. The Bertz CT molecular complexity index is 677. The molecule has 178 valence electrons. The minimum Gasteiger partial charge on any atom is -0.475 e. The summed E-state index contributed by atoms with van der Waals surface area (Å²) in [7, 11) is 1.64. The van der Waals surface area contributed by atoms with Crippen LogP contribution in [0.5, 0.6) is 0 Å². The summed E-state index contributed by atoms with van der Waals surface area (Å²) in [4.78, 5) is 46.3. The van der Waals surface area contributed by atoms with Crippen LogP contribution < -0.4 is 10.6 Å². The van der Waals surface area contributed by atoms with E-state index in [0.29, 0.717) is 13.1 Å². The molecule has 4 N–H and O–H groups in total. The average Bonchev–Trinajstić information content (AvgIpc) is 2.66. The van der Waals surface area contributed by atoms with Crippen molar-refractivity contribution in [3.8, 4) is 0 Å². The van der Waals surface area contributed by atoms with Crippen LogP contribution >= 0.6 is 0 Å². The topological polar surface area (TPSA) is 145 Å². The Morgan fingerprint density at radius 2 is 1.61 bits per heavy atom. The summed E-state index contributed by atoms with van der Waals surface area (Å²) in [5.41, 5.74) is 0. The molecule has 0 fully saturated rings. The van der Waals surface area contributed by atoms with E-state index in [0.717, 1.165) is 12.8 Å². The first-order valence-corrected chi connectivity index (χ1v) is 9.45. The number of amides is 2. The number of hydrogen-bond acceptors (Lipinski definition) is 6. The Kier molecular flexibility index (Phi) is 11.6. The zero-order valence-corrected chi connectivity index (χ0v) is 17.7. The van der Waals surface area contributed by atoms with Gasteiger partial charge in [-0.15, -0.1) is 0 Å². The number of hydrogen-bond donors (Lipinski definition) is 4. The second-order valence-corrected chi connectivity index (χ2v) is 6.54. The Hall–Kier alpha value is -2.83. The van der Waals surface area contributed by atoms with Crippen molar-refractivity contribution >= 4 is 23.8 Å². The van der Waals surface area contributed by atoms with Crippen LogP contribution in [-0.2, 0) is 23.9 Å².